The molecule has 0 aromatic heterocycles. The Bertz CT molecular complexity index is 231. The SMILES string of the molecule is O=C1O[C@@H]2CC3(C[C@H]12)OCCO3. The van der Waals surface area contributed by atoms with Crippen LogP contribution in [0.25, 0.3) is 0 Å². The van der Waals surface area contributed by atoms with Crippen LogP contribution < -0.4 is 0 Å². The maximum atomic E-state index is 10.9. The summed E-state index contributed by atoms with van der Waals surface area (Å²) in [6.45, 7) is 1.29. The van der Waals surface area contributed by atoms with Crippen molar-refractivity contribution in [3.63, 3.8) is 0 Å². The van der Waals surface area contributed by atoms with Crippen LogP contribution in [0.5, 0.6) is 0 Å². The molecule has 4 nitrogen and oxygen atoms in total. The highest BCUT2D eigenvalue weighted by Crippen LogP contribution is 2.47. The summed E-state index contributed by atoms with van der Waals surface area (Å²) in [4.78, 5) is 10.9. The fourth-order valence-corrected chi connectivity index (χ4v) is 2.25. The molecule has 0 aromatic carbocycles. The Balaban J connectivity index is 1.81. The summed E-state index contributed by atoms with van der Waals surface area (Å²) < 4.78 is 15.9. The second kappa shape index (κ2) is 2.00. The summed E-state index contributed by atoms with van der Waals surface area (Å²) >= 11 is 0. The van der Waals surface area contributed by atoms with Crippen LogP contribution in [0.1, 0.15) is 12.8 Å². The highest BCUT2D eigenvalue weighted by Gasteiger charge is 2.59. The van der Waals surface area contributed by atoms with E-state index in [2.05, 4.69) is 0 Å². The quantitative estimate of drug-likeness (QED) is 0.482. The number of fused-ring (bicyclic) bond motifs is 1. The molecule has 1 aliphatic carbocycles. The zero-order valence-electron chi connectivity index (χ0n) is 6.62. The van der Waals surface area contributed by atoms with Crippen molar-refractivity contribution in [2.75, 3.05) is 13.2 Å². The molecule has 3 fully saturated rings. The van der Waals surface area contributed by atoms with Gasteiger partial charge in [0.05, 0.1) is 19.1 Å². The van der Waals surface area contributed by atoms with Gasteiger partial charge in [0.25, 0.3) is 0 Å². The van der Waals surface area contributed by atoms with Crippen molar-refractivity contribution in [1.29, 1.82) is 0 Å². The third-order valence-electron chi connectivity index (χ3n) is 2.88. The van der Waals surface area contributed by atoms with Gasteiger partial charge in [-0.2, -0.15) is 0 Å². The lowest BCUT2D eigenvalue weighted by molar-refractivity contribution is -0.180. The van der Waals surface area contributed by atoms with Gasteiger partial charge in [-0.3, -0.25) is 4.79 Å². The van der Waals surface area contributed by atoms with E-state index in [1.54, 1.807) is 0 Å². The third-order valence-corrected chi connectivity index (χ3v) is 2.88. The fraction of sp³-hybridized carbons (Fsp3) is 0.875. The van der Waals surface area contributed by atoms with Gasteiger partial charge in [-0.15, -0.1) is 0 Å². The summed E-state index contributed by atoms with van der Waals surface area (Å²) in [5.74, 6) is -0.513. The van der Waals surface area contributed by atoms with E-state index in [0.717, 1.165) is 6.42 Å². The molecule has 2 saturated heterocycles. The minimum absolute atomic E-state index is 0.0445. The van der Waals surface area contributed by atoms with Crippen molar-refractivity contribution in [2.24, 2.45) is 5.92 Å². The van der Waals surface area contributed by atoms with Crippen LogP contribution in [0.2, 0.25) is 0 Å². The van der Waals surface area contributed by atoms with Crippen molar-refractivity contribution in [2.45, 2.75) is 24.7 Å². The standard InChI is InChI=1S/C8H10O4/c9-7-5-3-8(4-6(5)12-7)10-1-2-11-8/h5-6H,1-4H2/t5-,6+/m0/s1. The molecule has 0 N–H and O–H groups in total. The average Bonchev–Trinajstić information content (AvgIpc) is 2.60. The molecule has 2 atom stereocenters. The van der Waals surface area contributed by atoms with E-state index in [9.17, 15) is 4.79 Å². The number of ether oxygens (including phenoxy) is 3. The van der Waals surface area contributed by atoms with Gasteiger partial charge in [-0.1, -0.05) is 0 Å². The van der Waals surface area contributed by atoms with Crippen LogP contribution in [-0.4, -0.2) is 31.1 Å². The number of carbonyl (C=O) groups excluding carboxylic acids is 1. The normalized spacial score (nSPS) is 42.5. The molecule has 66 valence electrons. The molecular weight excluding hydrogens is 160 g/mol. The summed E-state index contributed by atoms with van der Waals surface area (Å²) in [6.07, 6.45) is 1.48. The Morgan fingerprint density at radius 1 is 1.25 bits per heavy atom. The molecule has 0 radical (unpaired) electrons. The maximum Gasteiger partial charge on any atom is 0.313 e. The van der Waals surface area contributed by atoms with E-state index in [-0.39, 0.29) is 18.0 Å². The first-order valence-electron chi connectivity index (χ1n) is 4.28. The van der Waals surface area contributed by atoms with Crippen LogP contribution in [0.4, 0.5) is 0 Å². The van der Waals surface area contributed by atoms with Crippen LogP contribution in [0.3, 0.4) is 0 Å². The molecule has 0 amide bonds. The minimum Gasteiger partial charge on any atom is -0.461 e. The van der Waals surface area contributed by atoms with Gasteiger partial charge in [0.15, 0.2) is 5.79 Å². The Kier molecular flexibility index (Phi) is 1.14. The Hall–Kier alpha value is -0.610. The lowest BCUT2D eigenvalue weighted by atomic mass is 10.0. The fourth-order valence-electron chi connectivity index (χ4n) is 2.25. The molecule has 0 unspecified atom stereocenters. The monoisotopic (exact) mass is 170 g/mol. The number of hydrogen-bond acceptors (Lipinski definition) is 4. The first-order valence-corrected chi connectivity index (χ1v) is 4.28. The smallest absolute Gasteiger partial charge is 0.313 e. The minimum atomic E-state index is -0.471. The first-order chi connectivity index (χ1) is 5.79. The molecule has 1 spiro atoms. The zero-order valence-corrected chi connectivity index (χ0v) is 6.62. The Morgan fingerprint density at radius 3 is 2.58 bits per heavy atom. The van der Waals surface area contributed by atoms with E-state index in [4.69, 9.17) is 14.2 Å². The number of hydrogen-bond donors (Lipinski definition) is 0. The van der Waals surface area contributed by atoms with E-state index in [0.29, 0.717) is 19.6 Å². The molecule has 2 aliphatic heterocycles. The lowest BCUT2D eigenvalue weighted by Gasteiger charge is -2.27. The largest absolute Gasteiger partial charge is 0.461 e. The second-order valence-electron chi connectivity index (χ2n) is 3.60. The van der Waals surface area contributed by atoms with Crippen molar-refractivity contribution in [3.8, 4) is 0 Å². The van der Waals surface area contributed by atoms with E-state index in [1.165, 1.54) is 0 Å². The molecule has 1 saturated carbocycles. The molecule has 4 heteroatoms. The van der Waals surface area contributed by atoms with Gasteiger partial charge in [-0.05, 0) is 0 Å². The highest BCUT2D eigenvalue weighted by atomic mass is 16.7. The molecule has 12 heavy (non-hydrogen) atoms. The first kappa shape index (κ1) is 6.86. The van der Waals surface area contributed by atoms with Gasteiger partial charge in [0.2, 0.25) is 0 Å². The second-order valence-corrected chi connectivity index (χ2v) is 3.60. The predicted octanol–water partition coefficient (Wildman–Crippen LogP) is 0.0649. The van der Waals surface area contributed by atoms with Crippen molar-refractivity contribution in [1.82, 2.24) is 0 Å². The summed E-state index contributed by atoms with van der Waals surface area (Å²) in [7, 11) is 0. The Morgan fingerprint density at radius 2 is 2.00 bits per heavy atom. The van der Waals surface area contributed by atoms with Gasteiger partial charge in [0.1, 0.15) is 6.10 Å². The van der Waals surface area contributed by atoms with Crippen LogP contribution >= 0.6 is 0 Å². The lowest BCUT2D eigenvalue weighted by Crippen LogP contribution is -2.40. The Labute approximate surface area is 69.8 Å². The molecular formula is C8H10O4. The van der Waals surface area contributed by atoms with Crippen molar-refractivity contribution < 1.29 is 19.0 Å². The molecule has 0 aromatic rings. The topological polar surface area (TPSA) is 44.8 Å². The summed E-state index contributed by atoms with van der Waals surface area (Å²) in [6, 6.07) is 0. The van der Waals surface area contributed by atoms with E-state index < -0.39 is 5.79 Å². The van der Waals surface area contributed by atoms with Crippen LogP contribution in [0.15, 0.2) is 0 Å². The molecule has 3 aliphatic rings. The van der Waals surface area contributed by atoms with Crippen molar-refractivity contribution in [3.05, 3.63) is 0 Å². The van der Waals surface area contributed by atoms with Gasteiger partial charge >= 0.3 is 5.97 Å². The van der Waals surface area contributed by atoms with Gasteiger partial charge in [-0.25, -0.2) is 0 Å². The van der Waals surface area contributed by atoms with E-state index >= 15 is 0 Å². The molecule has 2 heterocycles. The number of rotatable bonds is 0. The third kappa shape index (κ3) is 0.716. The zero-order chi connectivity index (χ0) is 8.18. The summed E-state index contributed by atoms with van der Waals surface area (Å²) in [5, 5.41) is 0. The average molecular weight is 170 g/mol. The van der Waals surface area contributed by atoms with Crippen molar-refractivity contribution >= 4 is 5.97 Å². The van der Waals surface area contributed by atoms with Gasteiger partial charge in [0, 0.05) is 12.8 Å². The van der Waals surface area contributed by atoms with Gasteiger partial charge < -0.3 is 14.2 Å². The van der Waals surface area contributed by atoms with Crippen LogP contribution in [0, 0.1) is 5.92 Å². The highest BCUT2D eigenvalue weighted by molar-refractivity contribution is 5.79. The molecule has 0 bridgehead atoms. The number of carbonyl (C=O) groups is 1. The number of esters is 1. The molecule has 3 rings (SSSR count). The van der Waals surface area contributed by atoms with E-state index in [1.807, 2.05) is 0 Å². The summed E-state index contributed by atoms with van der Waals surface area (Å²) in [5.41, 5.74) is 0. The predicted molar refractivity (Wildman–Crippen MR) is 37.2 cm³/mol. The maximum absolute atomic E-state index is 10.9. The van der Waals surface area contributed by atoms with Crippen LogP contribution in [-0.2, 0) is 19.0 Å².